The van der Waals surface area contributed by atoms with Crippen molar-refractivity contribution in [1.82, 2.24) is 0 Å². The Bertz CT molecular complexity index is 294. The first kappa shape index (κ1) is 24.3. The van der Waals surface area contributed by atoms with Gasteiger partial charge in [0.05, 0.1) is 6.61 Å². The summed E-state index contributed by atoms with van der Waals surface area (Å²) >= 11 is 6.30. The van der Waals surface area contributed by atoms with Crippen LogP contribution in [0.5, 0.6) is 0 Å². The van der Waals surface area contributed by atoms with Crippen molar-refractivity contribution in [3.8, 4) is 0 Å². The fourth-order valence-electron chi connectivity index (χ4n) is 4.29. The van der Waals surface area contributed by atoms with Crippen molar-refractivity contribution in [2.75, 3.05) is 6.61 Å². The van der Waals surface area contributed by atoms with Crippen molar-refractivity contribution in [2.24, 2.45) is 11.8 Å². The van der Waals surface area contributed by atoms with Gasteiger partial charge in [-0.2, -0.15) is 0 Å². The molecule has 0 amide bonds. The lowest BCUT2D eigenvalue weighted by Gasteiger charge is -2.31. The predicted molar refractivity (Wildman–Crippen MR) is 117 cm³/mol. The van der Waals surface area contributed by atoms with Crippen LogP contribution < -0.4 is 0 Å². The summed E-state index contributed by atoms with van der Waals surface area (Å²) in [7, 11) is 0. The monoisotopic (exact) mass is 386 g/mol. The third-order valence-electron chi connectivity index (χ3n) is 6.04. The summed E-state index contributed by atoms with van der Waals surface area (Å²) in [6.45, 7) is 5.43. The summed E-state index contributed by atoms with van der Waals surface area (Å²) < 4.78 is 5.65. The van der Waals surface area contributed by atoms with Gasteiger partial charge in [-0.15, -0.1) is 0 Å². The van der Waals surface area contributed by atoms with Gasteiger partial charge in [-0.1, -0.05) is 128 Å². The molecular formula is C24H47ClO. The van der Waals surface area contributed by atoms with Gasteiger partial charge in [0.2, 0.25) is 0 Å². The van der Waals surface area contributed by atoms with E-state index in [1.165, 1.54) is 116 Å². The molecule has 0 aliphatic carbocycles. The fourth-order valence-corrected chi connectivity index (χ4v) is 4.59. The van der Waals surface area contributed by atoms with Crippen LogP contribution in [0.1, 0.15) is 129 Å². The molecule has 1 saturated heterocycles. The number of ether oxygens (including phenoxy) is 1. The number of hydrogen-bond donors (Lipinski definition) is 0. The summed E-state index contributed by atoms with van der Waals surface area (Å²) in [5.74, 6) is 1.28. The van der Waals surface area contributed by atoms with Gasteiger partial charge in [0.25, 0.3) is 0 Å². The van der Waals surface area contributed by atoms with Gasteiger partial charge in [-0.3, -0.25) is 0 Å². The Kier molecular flexibility index (Phi) is 16.2. The Hall–Kier alpha value is 0.250. The molecule has 0 aromatic heterocycles. The molecular weight excluding hydrogens is 340 g/mol. The van der Waals surface area contributed by atoms with Crippen LogP contribution >= 0.6 is 11.6 Å². The molecule has 1 nitrogen and oxygen atoms in total. The van der Waals surface area contributed by atoms with E-state index in [2.05, 4.69) is 13.8 Å². The molecule has 0 aromatic rings. The zero-order valence-corrected chi connectivity index (χ0v) is 18.7. The van der Waals surface area contributed by atoms with Crippen molar-refractivity contribution >= 4 is 11.6 Å². The predicted octanol–water partition coefficient (Wildman–Crippen LogP) is 8.88. The molecule has 0 radical (unpaired) electrons. The summed E-state index contributed by atoms with van der Waals surface area (Å²) in [6, 6.07) is 0. The van der Waals surface area contributed by atoms with Gasteiger partial charge in [0.15, 0.2) is 0 Å². The van der Waals surface area contributed by atoms with Crippen LogP contribution in [0.4, 0.5) is 0 Å². The SMILES string of the molecule is CCCCCCCCCCCCCCCCCCC1CC(C)COC1Cl. The molecule has 1 fully saturated rings. The molecule has 0 saturated carbocycles. The first-order valence-electron chi connectivity index (χ1n) is 12.0. The maximum atomic E-state index is 6.30. The van der Waals surface area contributed by atoms with Crippen LogP contribution in [-0.2, 0) is 4.74 Å². The number of unbranched alkanes of at least 4 members (excludes halogenated alkanes) is 15. The maximum Gasteiger partial charge on any atom is 0.134 e. The van der Waals surface area contributed by atoms with Gasteiger partial charge in [-0.25, -0.2) is 0 Å². The Labute approximate surface area is 170 Å². The van der Waals surface area contributed by atoms with E-state index < -0.39 is 0 Å². The van der Waals surface area contributed by atoms with E-state index >= 15 is 0 Å². The quantitative estimate of drug-likeness (QED) is 0.179. The van der Waals surface area contributed by atoms with Crippen molar-refractivity contribution in [3.63, 3.8) is 0 Å². The largest absolute Gasteiger partial charge is 0.362 e. The van der Waals surface area contributed by atoms with E-state index in [1.54, 1.807) is 0 Å². The van der Waals surface area contributed by atoms with Crippen molar-refractivity contribution in [3.05, 3.63) is 0 Å². The Morgan fingerprint density at radius 2 is 1.12 bits per heavy atom. The Morgan fingerprint density at radius 1 is 0.692 bits per heavy atom. The molecule has 156 valence electrons. The van der Waals surface area contributed by atoms with E-state index in [1.807, 2.05) is 0 Å². The molecule has 0 spiro atoms. The van der Waals surface area contributed by atoms with Crippen molar-refractivity contribution in [2.45, 2.75) is 135 Å². The lowest BCUT2D eigenvalue weighted by molar-refractivity contribution is -0.00903. The lowest BCUT2D eigenvalue weighted by atomic mass is 9.90. The van der Waals surface area contributed by atoms with Crippen LogP contribution in [0, 0.1) is 11.8 Å². The summed E-state index contributed by atoms with van der Waals surface area (Å²) in [6.07, 6.45) is 25.5. The zero-order valence-electron chi connectivity index (χ0n) is 18.0. The minimum Gasteiger partial charge on any atom is -0.362 e. The van der Waals surface area contributed by atoms with Crippen LogP contribution in [0.25, 0.3) is 0 Å². The summed E-state index contributed by atoms with van der Waals surface area (Å²) in [5, 5.41) is 0. The molecule has 1 heterocycles. The molecule has 1 rings (SSSR count). The fraction of sp³-hybridized carbons (Fsp3) is 1.00. The molecule has 0 bridgehead atoms. The van der Waals surface area contributed by atoms with Crippen molar-refractivity contribution < 1.29 is 4.74 Å². The first-order chi connectivity index (χ1) is 12.7. The number of hydrogen-bond acceptors (Lipinski definition) is 1. The van der Waals surface area contributed by atoms with E-state index in [9.17, 15) is 0 Å². The topological polar surface area (TPSA) is 9.23 Å². The van der Waals surface area contributed by atoms with Gasteiger partial charge >= 0.3 is 0 Å². The highest BCUT2D eigenvalue weighted by molar-refractivity contribution is 6.19. The third kappa shape index (κ3) is 13.4. The summed E-state index contributed by atoms with van der Waals surface area (Å²) in [4.78, 5) is 0. The van der Waals surface area contributed by atoms with Gasteiger partial charge in [-0.05, 0) is 24.7 Å². The number of rotatable bonds is 17. The highest BCUT2D eigenvalue weighted by atomic mass is 35.5. The van der Waals surface area contributed by atoms with Crippen molar-refractivity contribution in [1.29, 1.82) is 0 Å². The molecule has 1 aliphatic rings. The highest BCUT2D eigenvalue weighted by Crippen LogP contribution is 2.31. The minimum atomic E-state index is -0.0254. The second-order valence-corrected chi connectivity index (χ2v) is 9.31. The molecule has 26 heavy (non-hydrogen) atoms. The van der Waals surface area contributed by atoms with Crippen LogP contribution in [0.2, 0.25) is 0 Å². The highest BCUT2D eigenvalue weighted by Gasteiger charge is 2.27. The molecule has 3 atom stereocenters. The van der Waals surface area contributed by atoms with Gasteiger partial charge < -0.3 is 4.74 Å². The van der Waals surface area contributed by atoms with E-state index in [0.717, 1.165) is 6.61 Å². The normalized spacial score (nSPS) is 23.4. The second-order valence-electron chi connectivity index (χ2n) is 8.88. The molecule has 1 aliphatic heterocycles. The molecule has 3 unspecified atom stereocenters. The van der Waals surface area contributed by atoms with Crippen LogP contribution in [0.15, 0.2) is 0 Å². The van der Waals surface area contributed by atoms with E-state index in [4.69, 9.17) is 16.3 Å². The maximum absolute atomic E-state index is 6.30. The van der Waals surface area contributed by atoms with E-state index in [-0.39, 0.29) is 5.56 Å². The van der Waals surface area contributed by atoms with Crippen LogP contribution in [0.3, 0.4) is 0 Å². The number of alkyl halides is 1. The average molecular weight is 387 g/mol. The molecule has 0 N–H and O–H groups in total. The second kappa shape index (κ2) is 17.4. The summed E-state index contributed by atoms with van der Waals surface area (Å²) in [5.41, 5.74) is -0.0254. The first-order valence-corrected chi connectivity index (χ1v) is 12.4. The zero-order chi connectivity index (χ0) is 18.9. The minimum absolute atomic E-state index is 0.0254. The number of halogens is 1. The Balaban J connectivity index is 1.74. The Morgan fingerprint density at radius 3 is 1.58 bits per heavy atom. The lowest BCUT2D eigenvalue weighted by Crippen LogP contribution is -2.29. The third-order valence-corrected chi connectivity index (χ3v) is 6.53. The smallest absolute Gasteiger partial charge is 0.134 e. The van der Waals surface area contributed by atoms with E-state index in [0.29, 0.717) is 11.8 Å². The average Bonchev–Trinajstić information content (AvgIpc) is 2.64. The van der Waals surface area contributed by atoms with Gasteiger partial charge in [0.1, 0.15) is 5.56 Å². The van der Waals surface area contributed by atoms with Crippen LogP contribution in [-0.4, -0.2) is 12.2 Å². The van der Waals surface area contributed by atoms with Gasteiger partial charge in [0, 0.05) is 0 Å². The molecule has 0 aromatic carbocycles. The standard InChI is InChI=1S/C24H47ClO/c1-3-4-5-6-7-8-9-10-11-12-13-14-15-16-17-18-19-23-20-22(2)21-26-24(23)25/h22-24H,3-21H2,1-2H3. The molecule has 2 heteroatoms.